The van der Waals surface area contributed by atoms with Gasteiger partial charge in [0.05, 0.1) is 5.92 Å². The van der Waals surface area contributed by atoms with E-state index in [1.807, 2.05) is 35.6 Å². The molecule has 2 atom stereocenters. The van der Waals surface area contributed by atoms with Crippen molar-refractivity contribution in [3.63, 3.8) is 0 Å². The number of amides is 4. The van der Waals surface area contributed by atoms with Crippen molar-refractivity contribution in [3.8, 4) is 0 Å². The van der Waals surface area contributed by atoms with Crippen molar-refractivity contribution in [1.82, 2.24) is 10.2 Å². The Kier molecular flexibility index (Phi) is 6.10. The van der Waals surface area contributed by atoms with E-state index in [1.54, 1.807) is 4.90 Å². The highest BCUT2D eigenvalue weighted by atomic mass is 16.5. The number of hydrogen-bond acceptors (Lipinski definition) is 5. The monoisotopic (exact) mass is 347 g/mol. The molecule has 4 amide bonds. The Bertz CT molecular complexity index is 662. The first-order valence-corrected chi connectivity index (χ1v) is 7.99. The largest absolute Gasteiger partial charge is 0.452 e. The minimum absolute atomic E-state index is 0.0534. The summed E-state index contributed by atoms with van der Waals surface area (Å²) in [4.78, 5) is 47.9. The molecule has 8 nitrogen and oxygen atoms in total. The Hall–Kier alpha value is -2.90. The van der Waals surface area contributed by atoms with E-state index in [0.29, 0.717) is 13.0 Å². The predicted molar refractivity (Wildman–Crippen MR) is 88.1 cm³/mol. The highest BCUT2D eigenvalue weighted by molar-refractivity contribution is 5.96. The number of carbonyl (C=O) groups is 4. The van der Waals surface area contributed by atoms with Crippen molar-refractivity contribution < 1.29 is 23.9 Å². The zero-order chi connectivity index (χ0) is 18.4. The number of nitrogens with one attached hydrogen (secondary N) is 1. The van der Waals surface area contributed by atoms with Crippen molar-refractivity contribution in [2.75, 3.05) is 13.1 Å². The van der Waals surface area contributed by atoms with Gasteiger partial charge in [-0.15, -0.1) is 0 Å². The highest BCUT2D eigenvalue weighted by Crippen LogP contribution is 2.20. The molecular weight excluding hydrogens is 326 g/mol. The minimum atomic E-state index is -1.16. The zero-order valence-corrected chi connectivity index (χ0v) is 13.9. The summed E-state index contributed by atoms with van der Waals surface area (Å²) in [5, 5.41) is 1.84. The molecule has 0 spiro atoms. The molecular formula is C17H21N3O5. The van der Waals surface area contributed by atoms with Crippen LogP contribution in [0, 0.1) is 5.92 Å². The molecule has 0 bridgehead atoms. The number of benzene rings is 1. The van der Waals surface area contributed by atoms with Crippen LogP contribution in [0.25, 0.3) is 0 Å². The van der Waals surface area contributed by atoms with Crippen molar-refractivity contribution in [2.45, 2.75) is 25.9 Å². The van der Waals surface area contributed by atoms with Gasteiger partial charge >= 0.3 is 12.0 Å². The molecule has 0 radical (unpaired) electrons. The molecule has 8 heteroatoms. The molecule has 0 unspecified atom stereocenters. The molecule has 1 aliphatic rings. The van der Waals surface area contributed by atoms with Crippen LogP contribution in [0.1, 0.15) is 18.9 Å². The normalized spacial score (nSPS) is 17.9. The third kappa shape index (κ3) is 5.30. The maximum absolute atomic E-state index is 12.1. The van der Waals surface area contributed by atoms with Crippen LogP contribution in [0.3, 0.4) is 0 Å². The molecule has 1 aliphatic heterocycles. The second-order valence-corrected chi connectivity index (χ2v) is 5.91. The van der Waals surface area contributed by atoms with E-state index in [0.717, 1.165) is 5.56 Å². The topological polar surface area (TPSA) is 119 Å². The Morgan fingerprint density at radius 3 is 2.64 bits per heavy atom. The van der Waals surface area contributed by atoms with Crippen LogP contribution >= 0.6 is 0 Å². The maximum atomic E-state index is 12.1. The predicted octanol–water partition coefficient (Wildman–Crippen LogP) is 0.204. The molecule has 1 aromatic carbocycles. The van der Waals surface area contributed by atoms with Gasteiger partial charge in [0.15, 0.2) is 6.10 Å². The minimum Gasteiger partial charge on any atom is -0.452 e. The van der Waals surface area contributed by atoms with E-state index < -0.39 is 29.9 Å². The number of imide groups is 1. The van der Waals surface area contributed by atoms with Crippen LogP contribution in [0.4, 0.5) is 4.79 Å². The molecule has 0 aromatic heterocycles. The number of carbonyl (C=O) groups excluding carboxylic acids is 4. The molecule has 134 valence electrons. The number of hydrogen-bond donors (Lipinski definition) is 2. The van der Waals surface area contributed by atoms with Gasteiger partial charge < -0.3 is 15.4 Å². The summed E-state index contributed by atoms with van der Waals surface area (Å²) < 4.78 is 5.02. The van der Waals surface area contributed by atoms with Gasteiger partial charge in [-0.05, 0) is 18.9 Å². The van der Waals surface area contributed by atoms with Crippen LogP contribution < -0.4 is 11.1 Å². The Morgan fingerprint density at radius 2 is 2.00 bits per heavy atom. The zero-order valence-electron chi connectivity index (χ0n) is 13.9. The summed E-state index contributed by atoms with van der Waals surface area (Å²) in [7, 11) is 0. The number of nitrogens with two attached hydrogens (primary N) is 1. The summed E-state index contributed by atoms with van der Waals surface area (Å²) in [6.45, 7) is 2.11. The third-order valence-corrected chi connectivity index (χ3v) is 3.97. The molecule has 3 N–H and O–H groups in total. The van der Waals surface area contributed by atoms with Gasteiger partial charge in [0.2, 0.25) is 5.91 Å². The van der Waals surface area contributed by atoms with E-state index in [-0.39, 0.29) is 18.9 Å². The number of rotatable bonds is 6. The molecule has 0 saturated carbocycles. The van der Waals surface area contributed by atoms with Gasteiger partial charge in [0, 0.05) is 19.5 Å². The average Bonchev–Trinajstić information content (AvgIpc) is 2.94. The first kappa shape index (κ1) is 18.4. The molecule has 25 heavy (non-hydrogen) atoms. The van der Waals surface area contributed by atoms with Crippen molar-refractivity contribution in [3.05, 3.63) is 35.9 Å². The Morgan fingerprint density at radius 1 is 1.32 bits per heavy atom. The maximum Gasteiger partial charge on any atom is 0.318 e. The summed E-state index contributed by atoms with van der Waals surface area (Å²) in [5.74, 6) is -2.17. The van der Waals surface area contributed by atoms with E-state index >= 15 is 0 Å². The van der Waals surface area contributed by atoms with Gasteiger partial charge in [0.1, 0.15) is 0 Å². The lowest BCUT2D eigenvalue weighted by atomic mass is 10.1. The van der Waals surface area contributed by atoms with Crippen LogP contribution in [-0.4, -0.2) is 47.9 Å². The number of ether oxygens (including phenoxy) is 1. The second kappa shape index (κ2) is 8.27. The lowest BCUT2D eigenvalue weighted by Crippen LogP contribution is -2.42. The van der Waals surface area contributed by atoms with E-state index in [9.17, 15) is 19.2 Å². The fourth-order valence-electron chi connectivity index (χ4n) is 2.60. The highest BCUT2D eigenvalue weighted by Gasteiger charge is 2.36. The first-order valence-electron chi connectivity index (χ1n) is 7.99. The van der Waals surface area contributed by atoms with E-state index in [2.05, 4.69) is 0 Å². The van der Waals surface area contributed by atoms with Crippen molar-refractivity contribution >= 4 is 23.8 Å². The quantitative estimate of drug-likeness (QED) is 0.713. The standard InChI is InChI=1S/C17H21N3O5/c1-11(15(22)19-17(18)24)25-16(23)13-9-14(21)20(10-13)8-7-12-5-3-2-4-6-12/h2-6,11,13H,7-10H2,1H3,(H3,18,19,22,24)/t11-,13-/m1/s1. The van der Waals surface area contributed by atoms with Crippen LogP contribution in [0.15, 0.2) is 30.3 Å². The van der Waals surface area contributed by atoms with Gasteiger partial charge in [-0.2, -0.15) is 0 Å². The van der Waals surface area contributed by atoms with Crippen LogP contribution in [-0.2, 0) is 25.5 Å². The Balaban J connectivity index is 1.83. The van der Waals surface area contributed by atoms with Crippen molar-refractivity contribution in [2.24, 2.45) is 11.7 Å². The fourth-order valence-corrected chi connectivity index (χ4v) is 2.60. The van der Waals surface area contributed by atoms with Gasteiger partial charge in [-0.3, -0.25) is 19.7 Å². The van der Waals surface area contributed by atoms with Crippen LogP contribution in [0.2, 0.25) is 0 Å². The van der Waals surface area contributed by atoms with Gasteiger partial charge in [-0.25, -0.2) is 4.79 Å². The summed E-state index contributed by atoms with van der Waals surface area (Å²) in [6, 6.07) is 8.72. The molecule has 1 heterocycles. The lowest BCUT2D eigenvalue weighted by molar-refractivity contribution is -0.158. The van der Waals surface area contributed by atoms with Crippen LogP contribution in [0.5, 0.6) is 0 Å². The van der Waals surface area contributed by atoms with E-state index in [1.165, 1.54) is 6.92 Å². The summed E-state index contributed by atoms with van der Waals surface area (Å²) in [5.41, 5.74) is 5.95. The molecule has 0 aliphatic carbocycles. The smallest absolute Gasteiger partial charge is 0.318 e. The number of urea groups is 1. The summed E-state index contributed by atoms with van der Waals surface area (Å²) in [6.07, 6.45) is -0.405. The van der Waals surface area contributed by atoms with Gasteiger partial charge in [0.25, 0.3) is 5.91 Å². The number of likely N-dealkylation sites (tertiary alicyclic amines) is 1. The van der Waals surface area contributed by atoms with E-state index in [4.69, 9.17) is 10.5 Å². The Labute approximate surface area is 145 Å². The third-order valence-electron chi connectivity index (χ3n) is 3.97. The molecule has 1 saturated heterocycles. The SMILES string of the molecule is C[C@@H](OC(=O)[C@@H]1CC(=O)N(CCc2ccccc2)C1)C(=O)NC(N)=O. The number of esters is 1. The fraction of sp³-hybridized carbons (Fsp3) is 0.412. The second-order valence-electron chi connectivity index (χ2n) is 5.91. The first-order chi connectivity index (χ1) is 11.9. The average molecular weight is 347 g/mol. The summed E-state index contributed by atoms with van der Waals surface area (Å²) >= 11 is 0. The van der Waals surface area contributed by atoms with Crippen molar-refractivity contribution in [1.29, 1.82) is 0 Å². The number of primary amides is 1. The number of nitrogens with zero attached hydrogens (tertiary/aromatic N) is 1. The van der Waals surface area contributed by atoms with Gasteiger partial charge in [-0.1, -0.05) is 30.3 Å². The lowest BCUT2D eigenvalue weighted by Gasteiger charge is -2.17. The molecule has 1 fully saturated rings. The molecule has 2 rings (SSSR count). The molecule has 1 aromatic rings.